The van der Waals surface area contributed by atoms with Gasteiger partial charge in [0.15, 0.2) is 6.10 Å². The van der Waals surface area contributed by atoms with E-state index in [4.69, 9.17) is 9.47 Å². The standard InChI is InChI=1S/C15H16O4/c1-3-19-14(15(16)17)12-8-9-13(18-2)11-7-5-4-6-10(11)12/h4-9,14H,3H2,1-2H3,(H,16,17). The van der Waals surface area contributed by atoms with Gasteiger partial charge >= 0.3 is 5.97 Å². The van der Waals surface area contributed by atoms with Crippen LogP contribution in [-0.4, -0.2) is 24.8 Å². The Morgan fingerprint density at radius 3 is 2.47 bits per heavy atom. The molecule has 19 heavy (non-hydrogen) atoms. The van der Waals surface area contributed by atoms with Crippen molar-refractivity contribution in [3.8, 4) is 5.75 Å². The van der Waals surface area contributed by atoms with Gasteiger partial charge in [0.1, 0.15) is 5.75 Å². The second kappa shape index (κ2) is 5.71. The quantitative estimate of drug-likeness (QED) is 0.897. The highest BCUT2D eigenvalue weighted by Gasteiger charge is 2.22. The molecule has 0 radical (unpaired) electrons. The number of benzene rings is 2. The number of methoxy groups -OCH3 is 1. The Bertz CT molecular complexity index is 592. The maximum atomic E-state index is 11.3. The summed E-state index contributed by atoms with van der Waals surface area (Å²) in [6.45, 7) is 2.12. The van der Waals surface area contributed by atoms with E-state index in [1.807, 2.05) is 24.3 Å². The Kier molecular flexibility index (Phi) is 4.02. The summed E-state index contributed by atoms with van der Waals surface area (Å²) in [5.41, 5.74) is 0.644. The van der Waals surface area contributed by atoms with Crippen molar-refractivity contribution in [2.75, 3.05) is 13.7 Å². The third kappa shape index (κ3) is 2.53. The summed E-state index contributed by atoms with van der Waals surface area (Å²) in [5, 5.41) is 11.0. The van der Waals surface area contributed by atoms with Gasteiger partial charge in [-0.3, -0.25) is 0 Å². The lowest BCUT2D eigenvalue weighted by molar-refractivity contribution is -0.150. The Balaban J connectivity index is 2.63. The predicted octanol–water partition coefficient (Wildman–Crippen LogP) is 3.01. The molecule has 0 aliphatic rings. The van der Waals surface area contributed by atoms with Crippen molar-refractivity contribution in [1.82, 2.24) is 0 Å². The van der Waals surface area contributed by atoms with Gasteiger partial charge in [0.05, 0.1) is 7.11 Å². The summed E-state index contributed by atoms with van der Waals surface area (Å²) in [7, 11) is 1.60. The Labute approximate surface area is 111 Å². The van der Waals surface area contributed by atoms with Gasteiger partial charge in [-0.15, -0.1) is 0 Å². The maximum Gasteiger partial charge on any atom is 0.337 e. The Morgan fingerprint density at radius 1 is 1.21 bits per heavy atom. The van der Waals surface area contributed by atoms with Crippen LogP contribution in [0.4, 0.5) is 0 Å². The number of rotatable bonds is 5. The Hall–Kier alpha value is -2.07. The van der Waals surface area contributed by atoms with Gasteiger partial charge in [0.25, 0.3) is 0 Å². The average molecular weight is 260 g/mol. The van der Waals surface area contributed by atoms with E-state index in [1.165, 1.54) is 0 Å². The highest BCUT2D eigenvalue weighted by Crippen LogP contribution is 2.32. The fraction of sp³-hybridized carbons (Fsp3) is 0.267. The first-order valence-corrected chi connectivity index (χ1v) is 6.09. The summed E-state index contributed by atoms with van der Waals surface area (Å²) >= 11 is 0. The van der Waals surface area contributed by atoms with E-state index < -0.39 is 12.1 Å². The van der Waals surface area contributed by atoms with Crippen LogP contribution in [0.25, 0.3) is 10.8 Å². The van der Waals surface area contributed by atoms with E-state index in [-0.39, 0.29) is 0 Å². The number of aliphatic carboxylic acids is 1. The molecule has 0 amide bonds. The predicted molar refractivity (Wildman–Crippen MR) is 72.5 cm³/mol. The minimum atomic E-state index is -0.989. The van der Waals surface area contributed by atoms with Crippen LogP contribution in [-0.2, 0) is 9.53 Å². The normalized spacial score (nSPS) is 12.3. The van der Waals surface area contributed by atoms with Crippen LogP contribution < -0.4 is 4.74 Å². The van der Waals surface area contributed by atoms with E-state index in [0.29, 0.717) is 12.2 Å². The number of hydrogen-bond acceptors (Lipinski definition) is 3. The van der Waals surface area contributed by atoms with Crippen LogP contribution >= 0.6 is 0 Å². The highest BCUT2D eigenvalue weighted by molar-refractivity contribution is 5.94. The van der Waals surface area contributed by atoms with Gasteiger partial charge < -0.3 is 14.6 Å². The number of carboxylic acid groups (broad SMARTS) is 1. The molecule has 0 heterocycles. The smallest absolute Gasteiger partial charge is 0.337 e. The number of carbonyl (C=O) groups is 1. The molecular weight excluding hydrogens is 244 g/mol. The van der Waals surface area contributed by atoms with Gasteiger partial charge in [-0.1, -0.05) is 30.3 Å². The fourth-order valence-electron chi connectivity index (χ4n) is 2.16. The lowest BCUT2D eigenvalue weighted by Gasteiger charge is -2.16. The summed E-state index contributed by atoms with van der Waals surface area (Å²) < 4.78 is 10.6. The van der Waals surface area contributed by atoms with Gasteiger partial charge in [-0.05, 0) is 18.4 Å². The zero-order valence-corrected chi connectivity index (χ0v) is 10.9. The fourth-order valence-corrected chi connectivity index (χ4v) is 2.16. The molecule has 0 saturated carbocycles. The highest BCUT2D eigenvalue weighted by atomic mass is 16.5. The number of ether oxygens (including phenoxy) is 2. The molecule has 0 aliphatic heterocycles. The van der Waals surface area contributed by atoms with Gasteiger partial charge in [-0.25, -0.2) is 4.79 Å². The first kappa shape index (κ1) is 13.4. The van der Waals surface area contributed by atoms with E-state index in [0.717, 1.165) is 16.5 Å². The molecule has 1 atom stereocenters. The Morgan fingerprint density at radius 2 is 1.89 bits per heavy atom. The van der Waals surface area contributed by atoms with Crippen LogP contribution in [0.1, 0.15) is 18.6 Å². The van der Waals surface area contributed by atoms with Crippen molar-refractivity contribution < 1.29 is 19.4 Å². The monoisotopic (exact) mass is 260 g/mol. The molecular formula is C15H16O4. The lowest BCUT2D eigenvalue weighted by atomic mass is 9.99. The molecule has 2 rings (SSSR count). The second-order valence-electron chi connectivity index (χ2n) is 4.08. The van der Waals surface area contributed by atoms with Crippen molar-refractivity contribution >= 4 is 16.7 Å². The number of hydrogen-bond donors (Lipinski definition) is 1. The zero-order chi connectivity index (χ0) is 13.8. The third-order valence-electron chi connectivity index (χ3n) is 2.98. The van der Waals surface area contributed by atoms with Gasteiger partial charge in [0.2, 0.25) is 0 Å². The summed E-state index contributed by atoms with van der Waals surface area (Å²) in [5.74, 6) is -0.267. The molecule has 0 spiro atoms. The first-order valence-electron chi connectivity index (χ1n) is 6.09. The van der Waals surface area contributed by atoms with E-state index in [2.05, 4.69) is 0 Å². The van der Waals surface area contributed by atoms with Crippen LogP contribution in [0, 0.1) is 0 Å². The van der Waals surface area contributed by atoms with E-state index >= 15 is 0 Å². The lowest BCUT2D eigenvalue weighted by Crippen LogP contribution is -2.15. The van der Waals surface area contributed by atoms with Crippen LogP contribution in [0.15, 0.2) is 36.4 Å². The molecule has 4 nitrogen and oxygen atoms in total. The molecule has 100 valence electrons. The summed E-state index contributed by atoms with van der Waals surface area (Å²) in [6.07, 6.45) is -0.958. The molecule has 0 saturated heterocycles. The molecule has 2 aromatic carbocycles. The van der Waals surface area contributed by atoms with E-state index in [1.54, 1.807) is 26.2 Å². The van der Waals surface area contributed by atoms with Crippen LogP contribution in [0.5, 0.6) is 5.75 Å². The molecule has 0 fully saturated rings. The van der Waals surface area contributed by atoms with Crippen molar-refractivity contribution in [2.24, 2.45) is 0 Å². The van der Waals surface area contributed by atoms with Crippen molar-refractivity contribution in [2.45, 2.75) is 13.0 Å². The third-order valence-corrected chi connectivity index (χ3v) is 2.98. The summed E-state index contributed by atoms with van der Waals surface area (Å²) in [6, 6.07) is 11.1. The number of fused-ring (bicyclic) bond motifs is 1. The maximum absolute atomic E-state index is 11.3. The SMILES string of the molecule is CCOC(C(=O)O)c1ccc(OC)c2ccccc12. The molecule has 2 aromatic rings. The van der Waals surface area contributed by atoms with Crippen molar-refractivity contribution in [3.05, 3.63) is 42.0 Å². The first-order chi connectivity index (χ1) is 9.19. The summed E-state index contributed by atoms with van der Waals surface area (Å²) in [4.78, 5) is 11.3. The van der Waals surface area contributed by atoms with Gasteiger partial charge in [-0.2, -0.15) is 0 Å². The molecule has 0 bridgehead atoms. The van der Waals surface area contributed by atoms with Crippen molar-refractivity contribution in [1.29, 1.82) is 0 Å². The largest absolute Gasteiger partial charge is 0.496 e. The van der Waals surface area contributed by atoms with Crippen LogP contribution in [0.2, 0.25) is 0 Å². The minimum Gasteiger partial charge on any atom is -0.496 e. The zero-order valence-electron chi connectivity index (χ0n) is 10.9. The topological polar surface area (TPSA) is 55.8 Å². The molecule has 1 unspecified atom stereocenters. The second-order valence-corrected chi connectivity index (χ2v) is 4.08. The van der Waals surface area contributed by atoms with Gasteiger partial charge in [0, 0.05) is 17.6 Å². The number of carboxylic acids is 1. The van der Waals surface area contributed by atoms with Crippen molar-refractivity contribution in [3.63, 3.8) is 0 Å². The van der Waals surface area contributed by atoms with Crippen LogP contribution in [0.3, 0.4) is 0 Å². The average Bonchev–Trinajstić information content (AvgIpc) is 2.43. The molecule has 1 N–H and O–H groups in total. The van der Waals surface area contributed by atoms with E-state index in [9.17, 15) is 9.90 Å². The molecule has 4 heteroatoms. The molecule has 0 aromatic heterocycles. The molecule has 0 aliphatic carbocycles. The minimum absolute atomic E-state index is 0.345.